The molecule has 4 nitrogen and oxygen atoms in total. The minimum atomic E-state index is -0.269. The van der Waals surface area contributed by atoms with Gasteiger partial charge in [-0.1, -0.05) is 12.1 Å². The van der Waals surface area contributed by atoms with E-state index >= 15 is 0 Å². The highest BCUT2D eigenvalue weighted by Gasteiger charge is 2.31. The Hall–Kier alpha value is -1.46. The molecular formula is C15H20FN3O. The van der Waals surface area contributed by atoms with Gasteiger partial charge in [-0.05, 0) is 17.7 Å². The van der Waals surface area contributed by atoms with Gasteiger partial charge in [-0.15, -0.1) is 0 Å². The van der Waals surface area contributed by atoms with Crippen LogP contribution in [0.2, 0.25) is 0 Å². The second-order valence-corrected chi connectivity index (χ2v) is 5.60. The third kappa shape index (κ3) is 3.16. The predicted octanol–water partition coefficient (Wildman–Crippen LogP) is 0.484. The highest BCUT2D eigenvalue weighted by atomic mass is 19.1. The first-order chi connectivity index (χ1) is 9.70. The second kappa shape index (κ2) is 5.89. The first kappa shape index (κ1) is 13.5. The number of fused-ring (bicyclic) bond motifs is 3. The van der Waals surface area contributed by atoms with Gasteiger partial charge in [0.25, 0.3) is 0 Å². The summed E-state index contributed by atoms with van der Waals surface area (Å²) in [6.45, 7) is 6.28. The molecule has 0 radical (unpaired) electrons. The average molecular weight is 277 g/mol. The number of carbonyl (C=O) groups excluding carboxylic acids is 1. The Bertz CT molecular complexity index is 469. The summed E-state index contributed by atoms with van der Waals surface area (Å²) in [5, 5.41) is 3.00. The normalized spacial score (nSPS) is 28.4. The zero-order chi connectivity index (χ0) is 13.9. The van der Waals surface area contributed by atoms with Crippen molar-refractivity contribution in [1.82, 2.24) is 15.1 Å². The lowest BCUT2D eigenvalue weighted by Gasteiger charge is -2.47. The Morgan fingerprint density at radius 1 is 1.20 bits per heavy atom. The molecule has 3 fully saturated rings. The largest absolute Gasteiger partial charge is 0.354 e. The van der Waals surface area contributed by atoms with Gasteiger partial charge in [0.15, 0.2) is 0 Å². The van der Waals surface area contributed by atoms with Gasteiger partial charge in [-0.2, -0.15) is 0 Å². The molecule has 0 aliphatic carbocycles. The van der Waals surface area contributed by atoms with Crippen molar-refractivity contribution in [3.05, 3.63) is 35.6 Å². The molecule has 0 aromatic heterocycles. The third-order valence-corrected chi connectivity index (χ3v) is 4.21. The molecule has 3 aliphatic rings. The maximum Gasteiger partial charge on any atom is 0.224 e. The van der Waals surface area contributed by atoms with Crippen LogP contribution >= 0.6 is 0 Å². The summed E-state index contributed by atoms with van der Waals surface area (Å²) in [6.07, 6.45) is 0.316. The van der Waals surface area contributed by atoms with Crippen LogP contribution in [0.5, 0.6) is 0 Å². The SMILES string of the molecule is O=C(Cc1ccc(F)cc1)NCC1CN2CCN1CC2. The van der Waals surface area contributed by atoms with Gasteiger partial charge in [0.2, 0.25) is 5.91 Å². The van der Waals surface area contributed by atoms with Gasteiger partial charge in [0.1, 0.15) is 5.82 Å². The molecule has 3 heterocycles. The lowest BCUT2D eigenvalue weighted by Crippen LogP contribution is -2.63. The highest BCUT2D eigenvalue weighted by Crippen LogP contribution is 2.14. The first-order valence-corrected chi connectivity index (χ1v) is 7.18. The number of hydrogen-bond donors (Lipinski definition) is 1. The van der Waals surface area contributed by atoms with Gasteiger partial charge < -0.3 is 5.32 Å². The quantitative estimate of drug-likeness (QED) is 0.870. The summed E-state index contributed by atoms with van der Waals surface area (Å²) in [5.41, 5.74) is 0.845. The molecule has 5 heteroatoms. The molecule has 1 aromatic carbocycles. The lowest BCUT2D eigenvalue weighted by molar-refractivity contribution is -0.121. The van der Waals surface area contributed by atoms with Gasteiger partial charge >= 0.3 is 0 Å². The summed E-state index contributed by atoms with van der Waals surface area (Å²) in [7, 11) is 0. The van der Waals surface area contributed by atoms with E-state index < -0.39 is 0 Å². The minimum Gasteiger partial charge on any atom is -0.354 e. The second-order valence-electron chi connectivity index (χ2n) is 5.60. The van der Waals surface area contributed by atoms with Crippen LogP contribution in [-0.2, 0) is 11.2 Å². The molecule has 20 heavy (non-hydrogen) atoms. The maximum atomic E-state index is 12.8. The number of piperazine rings is 3. The topological polar surface area (TPSA) is 35.6 Å². The molecule has 4 rings (SSSR count). The van der Waals surface area contributed by atoms with Crippen LogP contribution in [0.4, 0.5) is 4.39 Å². The maximum absolute atomic E-state index is 12.8. The molecule has 0 spiro atoms. The van der Waals surface area contributed by atoms with Gasteiger partial charge in [0.05, 0.1) is 6.42 Å². The Labute approximate surface area is 118 Å². The van der Waals surface area contributed by atoms with E-state index in [9.17, 15) is 9.18 Å². The van der Waals surface area contributed by atoms with E-state index in [1.165, 1.54) is 12.1 Å². The number of nitrogens with zero attached hydrogens (tertiary/aromatic N) is 2. The van der Waals surface area contributed by atoms with Crippen LogP contribution in [0.1, 0.15) is 5.56 Å². The number of benzene rings is 1. The van der Waals surface area contributed by atoms with E-state index in [1.807, 2.05) is 0 Å². The summed E-state index contributed by atoms with van der Waals surface area (Å²) in [5.74, 6) is -0.261. The standard InChI is InChI=1S/C15H20FN3O/c16-13-3-1-12(2-4-13)9-15(20)17-10-14-11-18-5-7-19(14)8-6-18/h1-4,14H,5-11H2,(H,17,20). The number of rotatable bonds is 4. The van der Waals surface area contributed by atoms with Gasteiger partial charge in [-0.25, -0.2) is 4.39 Å². The molecule has 3 saturated heterocycles. The van der Waals surface area contributed by atoms with E-state index in [4.69, 9.17) is 0 Å². The van der Waals surface area contributed by atoms with Crippen LogP contribution in [-0.4, -0.2) is 61.0 Å². The molecule has 1 aromatic rings. The molecule has 1 N–H and O–H groups in total. The molecule has 108 valence electrons. The number of carbonyl (C=O) groups is 1. The van der Waals surface area contributed by atoms with Crippen molar-refractivity contribution >= 4 is 5.91 Å². The Balaban J connectivity index is 1.46. The molecule has 0 saturated carbocycles. The fourth-order valence-electron chi connectivity index (χ4n) is 3.00. The highest BCUT2D eigenvalue weighted by molar-refractivity contribution is 5.78. The molecule has 2 bridgehead atoms. The van der Waals surface area contributed by atoms with Crippen LogP contribution < -0.4 is 5.32 Å². The van der Waals surface area contributed by atoms with Crippen LogP contribution in [0, 0.1) is 5.82 Å². The van der Waals surface area contributed by atoms with Crippen molar-refractivity contribution < 1.29 is 9.18 Å². The zero-order valence-electron chi connectivity index (χ0n) is 11.5. The fraction of sp³-hybridized carbons (Fsp3) is 0.533. The smallest absolute Gasteiger partial charge is 0.224 e. The summed E-state index contributed by atoms with van der Waals surface area (Å²) >= 11 is 0. The van der Waals surface area contributed by atoms with E-state index in [0.29, 0.717) is 19.0 Å². The van der Waals surface area contributed by atoms with E-state index in [1.54, 1.807) is 12.1 Å². The van der Waals surface area contributed by atoms with Crippen LogP contribution in [0.25, 0.3) is 0 Å². The Kier molecular flexibility index (Phi) is 3.98. The van der Waals surface area contributed by atoms with Gasteiger partial charge in [-0.3, -0.25) is 14.6 Å². The van der Waals surface area contributed by atoms with Gasteiger partial charge in [0, 0.05) is 45.3 Å². The van der Waals surface area contributed by atoms with Crippen LogP contribution in [0.3, 0.4) is 0 Å². The van der Waals surface area contributed by atoms with E-state index in [2.05, 4.69) is 15.1 Å². The molecule has 1 atom stereocenters. The van der Waals surface area contributed by atoms with E-state index in [-0.39, 0.29) is 11.7 Å². The molecule has 1 unspecified atom stereocenters. The summed E-state index contributed by atoms with van der Waals surface area (Å²) < 4.78 is 12.8. The number of hydrogen-bond acceptors (Lipinski definition) is 3. The zero-order valence-corrected chi connectivity index (χ0v) is 11.5. The Morgan fingerprint density at radius 2 is 1.90 bits per heavy atom. The molecular weight excluding hydrogens is 257 g/mol. The summed E-state index contributed by atoms with van der Waals surface area (Å²) in [4.78, 5) is 16.8. The summed E-state index contributed by atoms with van der Waals surface area (Å²) in [6, 6.07) is 6.54. The van der Waals surface area contributed by atoms with Crippen molar-refractivity contribution in [2.24, 2.45) is 0 Å². The number of amides is 1. The van der Waals surface area contributed by atoms with Crippen LogP contribution in [0.15, 0.2) is 24.3 Å². The molecule has 1 amide bonds. The molecule has 3 aliphatic heterocycles. The third-order valence-electron chi connectivity index (χ3n) is 4.21. The number of halogens is 1. The Morgan fingerprint density at radius 3 is 2.50 bits per heavy atom. The van der Waals surface area contributed by atoms with Crippen molar-refractivity contribution in [3.8, 4) is 0 Å². The van der Waals surface area contributed by atoms with Crippen molar-refractivity contribution in [3.63, 3.8) is 0 Å². The fourth-order valence-corrected chi connectivity index (χ4v) is 3.00. The number of nitrogens with one attached hydrogen (secondary N) is 1. The monoisotopic (exact) mass is 277 g/mol. The van der Waals surface area contributed by atoms with Crippen molar-refractivity contribution in [1.29, 1.82) is 0 Å². The van der Waals surface area contributed by atoms with E-state index in [0.717, 1.165) is 38.3 Å². The first-order valence-electron chi connectivity index (χ1n) is 7.18. The minimum absolute atomic E-state index is 0.00857. The lowest BCUT2D eigenvalue weighted by atomic mass is 10.1. The average Bonchev–Trinajstić information content (AvgIpc) is 2.49. The van der Waals surface area contributed by atoms with Crippen molar-refractivity contribution in [2.75, 3.05) is 39.3 Å². The predicted molar refractivity (Wildman–Crippen MR) is 74.9 cm³/mol. The van der Waals surface area contributed by atoms with Crippen molar-refractivity contribution in [2.45, 2.75) is 12.5 Å².